The summed E-state index contributed by atoms with van der Waals surface area (Å²) in [7, 11) is 0. The van der Waals surface area contributed by atoms with Gasteiger partial charge in [0, 0.05) is 19.4 Å². The van der Waals surface area contributed by atoms with Crippen molar-refractivity contribution in [3.63, 3.8) is 0 Å². The molecule has 1 amide bonds. The lowest BCUT2D eigenvalue weighted by atomic mass is 10.3. The summed E-state index contributed by atoms with van der Waals surface area (Å²) in [6.07, 6.45) is 8.55. The number of amides is 1. The molecule has 60 valence electrons. The van der Waals surface area contributed by atoms with Crippen molar-refractivity contribution >= 4 is 5.91 Å². The predicted octanol–water partition coefficient (Wildman–Crippen LogP) is 1.09. The monoisotopic (exact) mass is 151 g/mol. The number of rotatable bonds is 5. The first-order valence-electron chi connectivity index (χ1n) is 3.62. The molecular formula is C9H13NO. The van der Waals surface area contributed by atoms with Crippen molar-refractivity contribution < 1.29 is 4.79 Å². The molecule has 2 nitrogen and oxygen atoms in total. The molecule has 0 saturated carbocycles. The van der Waals surface area contributed by atoms with E-state index in [1.165, 1.54) is 0 Å². The van der Waals surface area contributed by atoms with E-state index in [2.05, 4.69) is 17.8 Å². The molecule has 0 saturated heterocycles. The average Bonchev–Trinajstić information content (AvgIpc) is 2.01. The minimum absolute atomic E-state index is 0.0418. The highest BCUT2D eigenvalue weighted by atomic mass is 16.1. The standard InChI is InChI=1S/C9H13NO/c1-3-5-7-9(11)10-8-6-4-2/h2-3H,1,5-8H2,(H,10,11). The number of nitrogens with one attached hydrogen (secondary N) is 1. The SMILES string of the molecule is C#CCCNC(=O)CCC=C. The second-order valence-corrected chi connectivity index (χ2v) is 2.13. The molecule has 0 aliphatic carbocycles. The van der Waals surface area contributed by atoms with Gasteiger partial charge >= 0.3 is 0 Å². The molecule has 0 radical (unpaired) electrons. The Hall–Kier alpha value is -1.23. The normalized spacial score (nSPS) is 8.27. The van der Waals surface area contributed by atoms with E-state index >= 15 is 0 Å². The first-order valence-corrected chi connectivity index (χ1v) is 3.62. The summed E-state index contributed by atoms with van der Waals surface area (Å²) in [6.45, 7) is 4.09. The summed E-state index contributed by atoms with van der Waals surface area (Å²) in [6, 6.07) is 0. The van der Waals surface area contributed by atoms with Crippen molar-refractivity contribution in [2.24, 2.45) is 0 Å². The lowest BCUT2D eigenvalue weighted by Crippen LogP contribution is -2.23. The minimum Gasteiger partial charge on any atom is -0.355 e. The van der Waals surface area contributed by atoms with Crippen LogP contribution in [0.5, 0.6) is 0 Å². The van der Waals surface area contributed by atoms with Crippen LogP contribution in [0.3, 0.4) is 0 Å². The zero-order valence-corrected chi connectivity index (χ0v) is 6.60. The van der Waals surface area contributed by atoms with Crippen LogP contribution in [0.4, 0.5) is 0 Å². The molecule has 0 heterocycles. The highest BCUT2D eigenvalue weighted by Gasteiger charge is 1.95. The van der Waals surface area contributed by atoms with E-state index in [0.29, 0.717) is 19.4 Å². The Balaban J connectivity index is 3.24. The van der Waals surface area contributed by atoms with Crippen LogP contribution in [0, 0.1) is 12.3 Å². The van der Waals surface area contributed by atoms with E-state index < -0.39 is 0 Å². The Kier molecular flexibility index (Phi) is 6.11. The maximum atomic E-state index is 10.8. The van der Waals surface area contributed by atoms with Gasteiger partial charge in [0.05, 0.1) is 0 Å². The second kappa shape index (κ2) is 6.88. The second-order valence-electron chi connectivity index (χ2n) is 2.13. The van der Waals surface area contributed by atoms with E-state index in [1.54, 1.807) is 6.08 Å². The van der Waals surface area contributed by atoms with Crippen molar-refractivity contribution in [1.29, 1.82) is 0 Å². The molecule has 0 atom stereocenters. The zero-order chi connectivity index (χ0) is 8.53. The fourth-order valence-corrected chi connectivity index (χ4v) is 0.596. The lowest BCUT2D eigenvalue weighted by molar-refractivity contribution is -0.120. The first-order chi connectivity index (χ1) is 5.31. The van der Waals surface area contributed by atoms with Gasteiger partial charge in [0.25, 0.3) is 0 Å². The maximum absolute atomic E-state index is 10.8. The van der Waals surface area contributed by atoms with Crippen LogP contribution in [0.25, 0.3) is 0 Å². The van der Waals surface area contributed by atoms with Gasteiger partial charge in [-0.05, 0) is 6.42 Å². The third-order valence-electron chi connectivity index (χ3n) is 1.17. The Morgan fingerprint density at radius 3 is 3.00 bits per heavy atom. The number of carbonyl (C=O) groups excluding carboxylic acids is 1. The molecule has 0 unspecified atom stereocenters. The summed E-state index contributed by atoms with van der Waals surface area (Å²) in [5.41, 5.74) is 0. The molecule has 0 aromatic heterocycles. The summed E-state index contributed by atoms with van der Waals surface area (Å²) >= 11 is 0. The first kappa shape index (κ1) is 9.77. The minimum atomic E-state index is 0.0418. The van der Waals surface area contributed by atoms with E-state index in [0.717, 1.165) is 6.42 Å². The molecule has 0 rings (SSSR count). The molecule has 1 N–H and O–H groups in total. The van der Waals surface area contributed by atoms with Gasteiger partial charge in [0.15, 0.2) is 0 Å². The van der Waals surface area contributed by atoms with Crippen LogP contribution >= 0.6 is 0 Å². The number of carbonyl (C=O) groups is 1. The van der Waals surface area contributed by atoms with Crippen molar-refractivity contribution in [1.82, 2.24) is 5.32 Å². The van der Waals surface area contributed by atoms with Crippen LogP contribution < -0.4 is 5.32 Å². The quantitative estimate of drug-likeness (QED) is 0.356. The van der Waals surface area contributed by atoms with Gasteiger partial charge in [-0.15, -0.1) is 18.9 Å². The van der Waals surface area contributed by atoms with E-state index in [4.69, 9.17) is 6.42 Å². The molecule has 11 heavy (non-hydrogen) atoms. The lowest BCUT2D eigenvalue weighted by Gasteiger charge is -1.99. The van der Waals surface area contributed by atoms with Gasteiger partial charge in [-0.3, -0.25) is 4.79 Å². The Labute approximate surface area is 67.7 Å². The number of terminal acetylenes is 1. The van der Waals surface area contributed by atoms with Crippen molar-refractivity contribution in [2.75, 3.05) is 6.54 Å². The van der Waals surface area contributed by atoms with Crippen molar-refractivity contribution in [3.05, 3.63) is 12.7 Å². The van der Waals surface area contributed by atoms with E-state index in [9.17, 15) is 4.79 Å². The van der Waals surface area contributed by atoms with Gasteiger partial charge in [-0.1, -0.05) is 6.08 Å². The highest BCUT2D eigenvalue weighted by Crippen LogP contribution is 1.88. The smallest absolute Gasteiger partial charge is 0.220 e. The third kappa shape index (κ3) is 6.66. The van der Waals surface area contributed by atoms with Gasteiger partial charge in [0.1, 0.15) is 0 Å². The van der Waals surface area contributed by atoms with Crippen LogP contribution in [0.2, 0.25) is 0 Å². The highest BCUT2D eigenvalue weighted by molar-refractivity contribution is 5.75. The summed E-state index contributed by atoms with van der Waals surface area (Å²) in [5, 5.41) is 2.69. The molecule has 0 aromatic rings. The predicted molar refractivity (Wildman–Crippen MR) is 45.9 cm³/mol. The van der Waals surface area contributed by atoms with Gasteiger partial charge in [0.2, 0.25) is 5.91 Å². The molecule has 0 spiro atoms. The van der Waals surface area contributed by atoms with Crippen molar-refractivity contribution in [2.45, 2.75) is 19.3 Å². The number of hydrogen-bond donors (Lipinski definition) is 1. The molecule has 0 aromatic carbocycles. The number of allylic oxidation sites excluding steroid dienone is 1. The van der Waals surface area contributed by atoms with E-state index in [-0.39, 0.29) is 5.91 Å². The summed E-state index contributed by atoms with van der Waals surface area (Å²) in [4.78, 5) is 10.8. The Bertz CT molecular complexity index is 167. The molecular weight excluding hydrogens is 138 g/mol. The van der Waals surface area contributed by atoms with Gasteiger partial charge in [-0.2, -0.15) is 0 Å². The Morgan fingerprint density at radius 1 is 1.73 bits per heavy atom. The van der Waals surface area contributed by atoms with Gasteiger partial charge < -0.3 is 5.32 Å². The van der Waals surface area contributed by atoms with Crippen LogP contribution in [0.1, 0.15) is 19.3 Å². The van der Waals surface area contributed by atoms with Crippen LogP contribution in [0.15, 0.2) is 12.7 Å². The molecule has 0 bridgehead atoms. The fourth-order valence-electron chi connectivity index (χ4n) is 0.596. The zero-order valence-electron chi connectivity index (χ0n) is 6.60. The topological polar surface area (TPSA) is 29.1 Å². The summed E-state index contributed by atoms with van der Waals surface area (Å²) in [5.74, 6) is 2.49. The van der Waals surface area contributed by atoms with Gasteiger partial charge in [-0.25, -0.2) is 0 Å². The van der Waals surface area contributed by atoms with Crippen molar-refractivity contribution in [3.8, 4) is 12.3 Å². The largest absolute Gasteiger partial charge is 0.355 e. The summed E-state index contributed by atoms with van der Waals surface area (Å²) < 4.78 is 0. The van der Waals surface area contributed by atoms with Crippen LogP contribution in [-0.2, 0) is 4.79 Å². The van der Waals surface area contributed by atoms with E-state index in [1.807, 2.05) is 0 Å². The molecule has 2 heteroatoms. The average molecular weight is 151 g/mol. The molecule has 0 aliphatic rings. The fraction of sp³-hybridized carbons (Fsp3) is 0.444. The van der Waals surface area contributed by atoms with Crippen LogP contribution in [-0.4, -0.2) is 12.5 Å². The third-order valence-corrected chi connectivity index (χ3v) is 1.17. The number of hydrogen-bond acceptors (Lipinski definition) is 1. The molecule has 0 aliphatic heterocycles. The molecule has 0 fully saturated rings. The maximum Gasteiger partial charge on any atom is 0.220 e. The Morgan fingerprint density at radius 2 is 2.45 bits per heavy atom.